The van der Waals surface area contributed by atoms with E-state index in [1.807, 2.05) is 30.3 Å². The summed E-state index contributed by atoms with van der Waals surface area (Å²) in [5, 5.41) is 4.48. The number of furan rings is 2. The lowest BCUT2D eigenvalue weighted by atomic mass is 10.0. The summed E-state index contributed by atoms with van der Waals surface area (Å²) in [7, 11) is 0. The second-order valence-electron chi connectivity index (χ2n) is 11.4. The van der Waals surface area contributed by atoms with Crippen molar-refractivity contribution in [2.45, 2.75) is 0 Å². The van der Waals surface area contributed by atoms with Gasteiger partial charge < -0.3 is 13.7 Å². The van der Waals surface area contributed by atoms with Crippen molar-refractivity contribution in [3.63, 3.8) is 0 Å². The maximum absolute atomic E-state index is 6.51. The minimum Gasteiger partial charge on any atom is -0.456 e. The fourth-order valence-electron chi connectivity index (χ4n) is 6.48. The predicted octanol–water partition coefficient (Wildman–Crippen LogP) is 12.3. The third-order valence-electron chi connectivity index (χ3n) is 8.69. The van der Waals surface area contributed by atoms with Gasteiger partial charge in [-0.3, -0.25) is 0 Å². The third kappa shape index (κ3) is 4.29. The van der Waals surface area contributed by atoms with E-state index in [9.17, 15) is 0 Å². The topological polar surface area (TPSA) is 29.5 Å². The Hall–Kier alpha value is -6.06. The van der Waals surface area contributed by atoms with Gasteiger partial charge in [0.1, 0.15) is 16.7 Å². The van der Waals surface area contributed by atoms with Crippen molar-refractivity contribution in [1.29, 1.82) is 0 Å². The van der Waals surface area contributed by atoms with Gasteiger partial charge in [0.05, 0.1) is 5.69 Å². The van der Waals surface area contributed by atoms with Crippen LogP contribution in [0.2, 0.25) is 0 Å². The van der Waals surface area contributed by atoms with Crippen LogP contribution in [0.25, 0.3) is 66.1 Å². The summed E-state index contributed by atoms with van der Waals surface area (Å²) >= 11 is 0. The Morgan fingerprint density at radius 3 is 1.56 bits per heavy atom. The van der Waals surface area contributed by atoms with E-state index in [-0.39, 0.29) is 0 Å². The molecular weight excluding hydrogens is 550 g/mol. The highest BCUT2D eigenvalue weighted by molar-refractivity contribution is 6.10. The van der Waals surface area contributed by atoms with Gasteiger partial charge in [-0.25, -0.2) is 0 Å². The first kappa shape index (κ1) is 25.4. The van der Waals surface area contributed by atoms with Crippen LogP contribution in [0.1, 0.15) is 0 Å². The summed E-state index contributed by atoms with van der Waals surface area (Å²) in [5.41, 5.74) is 11.3. The van der Waals surface area contributed by atoms with Gasteiger partial charge in [0, 0.05) is 32.9 Å². The van der Waals surface area contributed by atoms with E-state index >= 15 is 0 Å². The molecule has 0 saturated carbocycles. The van der Waals surface area contributed by atoms with Crippen LogP contribution in [0, 0.1) is 0 Å². The second kappa shape index (κ2) is 10.3. The lowest BCUT2D eigenvalue weighted by Crippen LogP contribution is -2.10. The lowest BCUT2D eigenvalue weighted by molar-refractivity contribution is 0.668. The van der Waals surface area contributed by atoms with Crippen molar-refractivity contribution in [3.05, 3.63) is 164 Å². The molecule has 0 N–H and O–H groups in total. The largest absolute Gasteiger partial charge is 0.456 e. The molecule has 0 saturated heterocycles. The molecule has 0 fully saturated rings. The molecule has 3 nitrogen and oxygen atoms in total. The van der Waals surface area contributed by atoms with Crippen LogP contribution in [0.5, 0.6) is 0 Å². The summed E-state index contributed by atoms with van der Waals surface area (Å²) in [4.78, 5) is 2.29. The average Bonchev–Trinajstić information content (AvgIpc) is 3.68. The zero-order valence-corrected chi connectivity index (χ0v) is 24.4. The van der Waals surface area contributed by atoms with E-state index in [0.717, 1.165) is 72.1 Å². The molecule has 0 radical (unpaired) electrons. The zero-order chi connectivity index (χ0) is 29.7. The fraction of sp³-hybridized carbons (Fsp3) is 0. The lowest BCUT2D eigenvalue weighted by Gasteiger charge is -2.26. The fourth-order valence-corrected chi connectivity index (χ4v) is 6.48. The predicted molar refractivity (Wildman–Crippen MR) is 187 cm³/mol. The molecule has 212 valence electrons. The first-order valence-corrected chi connectivity index (χ1v) is 15.2. The Kier molecular flexibility index (Phi) is 5.82. The van der Waals surface area contributed by atoms with Gasteiger partial charge in [0.2, 0.25) is 0 Å². The standard InChI is InChI=1S/C42H27NO2/c1-2-9-28(10-3-1)29-17-22-32(23-18-29)43(38-14-8-13-36-34-11-4-7-16-40(34)45-42(36)38)33-24-19-30(20-25-33)31-21-26-41-37(27-31)35-12-5-6-15-39(35)44-41/h1-27H. The van der Waals surface area contributed by atoms with Crippen molar-refractivity contribution in [2.75, 3.05) is 4.90 Å². The van der Waals surface area contributed by atoms with Gasteiger partial charge in [-0.2, -0.15) is 0 Å². The Morgan fingerprint density at radius 2 is 0.844 bits per heavy atom. The molecule has 0 unspecified atom stereocenters. The third-order valence-corrected chi connectivity index (χ3v) is 8.69. The van der Waals surface area contributed by atoms with E-state index in [4.69, 9.17) is 8.83 Å². The molecule has 0 spiro atoms. The van der Waals surface area contributed by atoms with Crippen LogP contribution in [-0.4, -0.2) is 0 Å². The van der Waals surface area contributed by atoms with Crippen LogP contribution >= 0.6 is 0 Å². The Labute approximate surface area is 260 Å². The molecule has 0 amide bonds. The highest BCUT2D eigenvalue weighted by Crippen LogP contribution is 2.43. The molecular formula is C42H27NO2. The number of para-hydroxylation sites is 3. The van der Waals surface area contributed by atoms with E-state index in [1.54, 1.807) is 0 Å². The minimum absolute atomic E-state index is 0.868. The summed E-state index contributed by atoms with van der Waals surface area (Å²) in [6.45, 7) is 0. The number of fused-ring (bicyclic) bond motifs is 6. The van der Waals surface area contributed by atoms with Gasteiger partial charge in [0.25, 0.3) is 0 Å². The van der Waals surface area contributed by atoms with Crippen molar-refractivity contribution < 1.29 is 8.83 Å². The second-order valence-corrected chi connectivity index (χ2v) is 11.4. The zero-order valence-electron chi connectivity index (χ0n) is 24.4. The number of hydrogen-bond acceptors (Lipinski definition) is 3. The molecule has 7 aromatic carbocycles. The quantitative estimate of drug-likeness (QED) is 0.204. The van der Waals surface area contributed by atoms with Gasteiger partial charge in [-0.05, 0) is 76.9 Å². The summed E-state index contributed by atoms with van der Waals surface area (Å²) in [5.74, 6) is 0. The summed E-state index contributed by atoms with van der Waals surface area (Å²) in [6, 6.07) is 57.3. The van der Waals surface area contributed by atoms with Gasteiger partial charge in [-0.15, -0.1) is 0 Å². The first-order valence-electron chi connectivity index (χ1n) is 15.2. The Morgan fingerprint density at radius 1 is 0.333 bits per heavy atom. The molecule has 2 aromatic heterocycles. The van der Waals surface area contributed by atoms with E-state index in [0.29, 0.717) is 0 Å². The number of rotatable bonds is 5. The maximum atomic E-state index is 6.51. The number of nitrogens with zero attached hydrogens (tertiary/aromatic N) is 1. The van der Waals surface area contributed by atoms with Crippen LogP contribution in [0.3, 0.4) is 0 Å². The van der Waals surface area contributed by atoms with Crippen LogP contribution in [0.4, 0.5) is 17.1 Å². The summed E-state index contributed by atoms with van der Waals surface area (Å²) < 4.78 is 12.6. The minimum atomic E-state index is 0.868. The van der Waals surface area contributed by atoms with E-state index in [1.165, 1.54) is 11.1 Å². The average molecular weight is 578 g/mol. The highest BCUT2D eigenvalue weighted by Gasteiger charge is 2.19. The van der Waals surface area contributed by atoms with Crippen molar-refractivity contribution in [2.24, 2.45) is 0 Å². The van der Waals surface area contributed by atoms with Crippen molar-refractivity contribution in [1.82, 2.24) is 0 Å². The van der Waals surface area contributed by atoms with E-state index < -0.39 is 0 Å². The van der Waals surface area contributed by atoms with Crippen molar-refractivity contribution in [3.8, 4) is 22.3 Å². The van der Waals surface area contributed by atoms with E-state index in [2.05, 4.69) is 138 Å². The summed E-state index contributed by atoms with van der Waals surface area (Å²) in [6.07, 6.45) is 0. The monoisotopic (exact) mass is 577 g/mol. The molecule has 0 aliphatic rings. The normalized spacial score (nSPS) is 11.6. The number of hydrogen-bond donors (Lipinski definition) is 0. The number of anilines is 3. The molecule has 0 aliphatic heterocycles. The Balaban J connectivity index is 1.17. The SMILES string of the molecule is c1ccc(-c2ccc(N(c3ccc(-c4ccc5oc6ccccc6c5c4)cc3)c3cccc4c3oc3ccccc34)cc2)cc1. The van der Waals surface area contributed by atoms with Crippen LogP contribution in [0.15, 0.2) is 173 Å². The molecule has 0 atom stereocenters. The maximum Gasteiger partial charge on any atom is 0.159 e. The van der Waals surface area contributed by atoms with Crippen molar-refractivity contribution >= 4 is 60.9 Å². The van der Waals surface area contributed by atoms with Crippen LogP contribution in [-0.2, 0) is 0 Å². The van der Waals surface area contributed by atoms with Gasteiger partial charge in [-0.1, -0.05) is 109 Å². The molecule has 9 aromatic rings. The smallest absolute Gasteiger partial charge is 0.159 e. The van der Waals surface area contributed by atoms with Gasteiger partial charge in [0.15, 0.2) is 5.58 Å². The molecule has 45 heavy (non-hydrogen) atoms. The Bertz CT molecular complexity index is 2470. The molecule has 0 bridgehead atoms. The first-order chi connectivity index (χ1) is 22.3. The molecule has 0 aliphatic carbocycles. The number of benzene rings is 7. The highest BCUT2D eigenvalue weighted by atomic mass is 16.3. The van der Waals surface area contributed by atoms with Gasteiger partial charge >= 0.3 is 0 Å². The molecule has 3 heteroatoms. The molecule has 2 heterocycles. The van der Waals surface area contributed by atoms with Crippen LogP contribution < -0.4 is 4.90 Å². The molecule has 9 rings (SSSR count).